The number of nitrogen functional groups attached to an aromatic ring is 1. The molecule has 0 amide bonds. The van der Waals surface area contributed by atoms with E-state index >= 15 is 0 Å². The van der Waals surface area contributed by atoms with Crippen molar-refractivity contribution in [3.63, 3.8) is 0 Å². The number of benzene rings is 1. The van der Waals surface area contributed by atoms with Crippen molar-refractivity contribution in [2.45, 2.75) is 30.6 Å². The molecule has 1 heterocycles. The summed E-state index contributed by atoms with van der Waals surface area (Å²) in [7, 11) is -3.77. The first-order chi connectivity index (χ1) is 9.99. The zero-order chi connectivity index (χ0) is 15.3. The molecule has 0 aliphatic carbocycles. The zero-order valence-electron chi connectivity index (χ0n) is 12.0. The summed E-state index contributed by atoms with van der Waals surface area (Å²) >= 11 is 0. The predicted molar refractivity (Wildman–Crippen MR) is 80.9 cm³/mol. The first-order valence-electron chi connectivity index (χ1n) is 7.26. The average Bonchev–Trinajstić information content (AvgIpc) is 2.70. The van der Waals surface area contributed by atoms with Crippen LogP contribution in [0.2, 0.25) is 0 Å². The Morgan fingerprint density at radius 2 is 1.86 bits per heavy atom. The molecule has 5 nitrogen and oxygen atoms in total. The molecule has 1 aromatic rings. The van der Waals surface area contributed by atoms with E-state index in [1.165, 1.54) is 18.9 Å². The molecule has 0 radical (unpaired) electrons. The Kier molecular flexibility index (Phi) is 5.55. The van der Waals surface area contributed by atoms with Crippen LogP contribution < -0.4 is 10.5 Å². The number of anilines is 1. The van der Waals surface area contributed by atoms with Gasteiger partial charge in [-0.2, -0.15) is 0 Å². The SMILES string of the molecule is Nc1ccc(F)cc1S(=O)(=O)NCCN1CCCCCC1. The van der Waals surface area contributed by atoms with Gasteiger partial charge in [-0.25, -0.2) is 17.5 Å². The van der Waals surface area contributed by atoms with E-state index in [0.717, 1.165) is 38.1 Å². The van der Waals surface area contributed by atoms with Crippen LogP contribution in [0.3, 0.4) is 0 Å². The van der Waals surface area contributed by atoms with E-state index in [1.54, 1.807) is 0 Å². The summed E-state index contributed by atoms with van der Waals surface area (Å²) in [5, 5.41) is 0. The molecule has 1 aliphatic heterocycles. The molecule has 3 N–H and O–H groups in total. The maximum Gasteiger partial charge on any atom is 0.242 e. The highest BCUT2D eigenvalue weighted by molar-refractivity contribution is 7.89. The standard InChI is InChI=1S/C14H22FN3O2S/c15-12-5-6-13(16)14(11-12)21(19,20)17-7-10-18-8-3-1-2-4-9-18/h5-6,11,17H,1-4,7-10,16H2. The molecule has 0 unspecified atom stereocenters. The highest BCUT2D eigenvalue weighted by atomic mass is 32.2. The molecule has 1 fully saturated rings. The number of halogens is 1. The smallest absolute Gasteiger partial charge is 0.242 e. The van der Waals surface area contributed by atoms with E-state index in [-0.39, 0.29) is 10.6 Å². The Hall–Kier alpha value is -1.18. The van der Waals surface area contributed by atoms with Crippen molar-refractivity contribution < 1.29 is 12.8 Å². The van der Waals surface area contributed by atoms with Gasteiger partial charge in [0.2, 0.25) is 10.0 Å². The maximum absolute atomic E-state index is 13.2. The van der Waals surface area contributed by atoms with Crippen LogP contribution >= 0.6 is 0 Å². The lowest BCUT2D eigenvalue weighted by molar-refractivity contribution is 0.290. The van der Waals surface area contributed by atoms with E-state index in [9.17, 15) is 12.8 Å². The van der Waals surface area contributed by atoms with Gasteiger partial charge < -0.3 is 10.6 Å². The molecule has 118 valence electrons. The van der Waals surface area contributed by atoms with Gasteiger partial charge in [-0.3, -0.25) is 0 Å². The van der Waals surface area contributed by atoms with Crippen LogP contribution in [0, 0.1) is 5.82 Å². The molecular weight excluding hydrogens is 293 g/mol. The third kappa shape index (κ3) is 4.66. The Bertz CT molecular complexity index is 570. The molecular formula is C14H22FN3O2S. The van der Waals surface area contributed by atoms with Crippen molar-refractivity contribution in [1.29, 1.82) is 0 Å². The lowest BCUT2D eigenvalue weighted by atomic mass is 10.2. The van der Waals surface area contributed by atoms with Crippen LogP contribution in [0.4, 0.5) is 10.1 Å². The Morgan fingerprint density at radius 3 is 2.52 bits per heavy atom. The summed E-state index contributed by atoms with van der Waals surface area (Å²) in [5.74, 6) is -0.614. The zero-order valence-corrected chi connectivity index (χ0v) is 12.8. The molecule has 2 rings (SSSR count). The number of nitrogens with one attached hydrogen (secondary N) is 1. The molecule has 0 atom stereocenters. The van der Waals surface area contributed by atoms with E-state index in [2.05, 4.69) is 9.62 Å². The normalized spacial score (nSPS) is 17.6. The molecule has 1 saturated heterocycles. The fourth-order valence-corrected chi connectivity index (χ4v) is 3.68. The lowest BCUT2D eigenvalue weighted by Gasteiger charge is -2.19. The number of likely N-dealkylation sites (tertiary alicyclic amines) is 1. The van der Waals surface area contributed by atoms with Gasteiger partial charge in [-0.15, -0.1) is 0 Å². The van der Waals surface area contributed by atoms with Crippen LogP contribution in [0.5, 0.6) is 0 Å². The highest BCUT2D eigenvalue weighted by Gasteiger charge is 2.18. The topological polar surface area (TPSA) is 75.4 Å². The monoisotopic (exact) mass is 315 g/mol. The van der Waals surface area contributed by atoms with Gasteiger partial charge >= 0.3 is 0 Å². The van der Waals surface area contributed by atoms with Crippen LogP contribution in [0.15, 0.2) is 23.1 Å². The molecule has 0 spiro atoms. The summed E-state index contributed by atoms with van der Waals surface area (Å²) in [5.41, 5.74) is 5.67. The molecule has 0 aromatic heterocycles. The summed E-state index contributed by atoms with van der Waals surface area (Å²) in [6.45, 7) is 2.97. The van der Waals surface area contributed by atoms with Crippen molar-refractivity contribution in [2.24, 2.45) is 0 Å². The second kappa shape index (κ2) is 7.20. The number of nitrogens with zero attached hydrogens (tertiary/aromatic N) is 1. The van der Waals surface area contributed by atoms with Gasteiger partial charge in [-0.05, 0) is 44.1 Å². The van der Waals surface area contributed by atoms with Crippen LogP contribution in [0.25, 0.3) is 0 Å². The van der Waals surface area contributed by atoms with Crippen molar-refractivity contribution in [3.8, 4) is 0 Å². The first-order valence-corrected chi connectivity index (χ1v) is 8.74. The molecule has 7 heteroatoms. The number of nitrogens with two attached hydrogens (primary N) is 1. The fraction of sp³-hybridized carbons (Fsp3) is 0.571. The Morgan fingerprint density at radius 1 is 1.19 bits per heavy atom. The predicted octanol–water partition coefficient (Wildman–Crippen LogP) is 1.56. The first kappa shape index (κ1) is 16.2. The number of hydrogen-bond donors (Lipinski definition) is 2. The van der Waals surface area contributed by atoms with Gasteiger partial charge in [0.15, 0.2) is 0 Å². The molecule has 0 bridgehead atoms. The van der Waals surface area contributed by atoms with Gasteiger partial charge in [0.05, 0.1) is 5.69 Å². The average molecular weight is 315 g/mol. The third-order valence-corrected chi connectivity index (χ3v) is 5.20. The van der Waals surface area contributed by atoms with E-state index in [4.69, 9.17) is 5.73 Å². The van der Waals surface area contributed by atoms with Crippen LogP contribution in [-0.4, -0.2) is 39.5 Å². The fourth-order valence-electron chi connectivity index (χ4n) is 2.52. The van der Waals surface area contributed by atoms with E-state index < -0.39 is 15.8 Å². The Balaban J connectivity index is 1.93. The minimum atomic E-state index is -3.77. The van der Waals surface area contributed by atoms with Crippen molar-refractivity contribution in [2.75, 3.05) is 31.9 Å². The number of sulfonamides is 1. The second-order valence-electron chi connectivity index (χ2n) is 5.34. The molecule has 21 heavy (non-hydrogen) atoms. The van der Waals surface area contributed by atoms with E-state index in [0.29, 0.717) is 13.1 Å². The minimum absolute atomic E-state index is 0.0543. The molecule has 1 aliphatic rings. The molecule has 1 aromatic carbocycles. The van der Waals surface area contributed by atoms with Gasteiger partial charge in [0, 0.05) is 13.1 Å². The minimum Gasteiger partial charge on any atom is -0.398 e. The van der Waals surface area contributed by atoms with Crippen molar-refractivity contribution in [3.05, 3.63) is 24.0 Å². The summed E-state index contributed by atoms with van der Waals surface area (Å²) in [6, 6.07) is 3.36. The Labute approximate surface area is 125 Å². The highest BCUT2D eigenvalue weighted by Crippen LogP contribution is 2.18. The number of hydrogen-bond acceptors (Lipinski definition) is 4. The summed E-state index contributed by atoms with van der Waals surface area (Å²) in [4.78, 5) is 2.06. The van der Waals surface area contributed by atoms with Gasteiger partial charge in [0.25, 0.3) is 0 Å². The van der Waals surface area contributed by atoms with E-state index in [1.807, 2.05) is 0 Å². The summed E-state index contributed by atoms with van der Waals surface area (Å²) in [6.07, 6.45) is 4.79. The van der Waals surface area contributed by atoms with Crippen LogP contribution in [0.1, 0.15) is 25.7 Å². The van der Waals surface area contributed by atoms with Gasteiger partial charge in [0.1, 0.15) is 10.7 Å². The van der Waals surface area contributed by atoms with Gasteiger partial charge in [-0.1, -0.05) is 12.8 Å². The third-order valence-electron chi connectivity index (χ3n) is 3.68. The largest absolute Gasteiger partial charge is 0.398 e. The lowest BCUT2D eigenvalue weighted by Crippen LogP contribution is -2.35. The van der Waals surface area contributed by atoms with Crippen molar-refractivity contribution in [1.82, 2.24) is 9.62 Å². The molecule has 0 saturated carbocycles. The quantitative estimate of drug-likeness (QED) is 0.809. The van der Waals surface area contributed by atoms with Crippen molar-refractivity contribution >= 4 is 15.7 Å². The second-order valence-corrected chi connectivity index (χ2v) is 7.07. The number of rotatable bonds is 5. The maximum atomic E-state index is 13.2. The summed E-state index contributed by atoms with van der Waals surface area (Å²) < 4.78 is 40.0. The van der Waals surface area contributed by atoms with Crippen LogP contribution in [-0.2, 0) is 10.0 Å².